The Morgan fingerprint density at radius 1 is 0.519 bits per heavy atom. The van der Waals surface area contributed by atoms with Crippen molar-refractivity contribution in [3.63, 3.8) is 0 Å². The summed E-state index contributed by atoms with van der Waals surface area (Å²) in [6.45, 7) is 15.9. The molecule has 1 radical (unpaired) electrons. The minimum absolute atomic E-state index is 0.332. The van der Waals surface area contributed by atoms with E-state index in [1.54, 1.807) is 30.2 Å². The van der Waals surface area contributed by atoms with Crippen LogP contribution in [0, 0.1) is 0 Å². The summed E-state index contributed by atoms with van der Waals surface area (Å²) in [7, 11) is -1.64. The van der Waals surface area contributed by atoms with E-state index in [1.807, 2.05) is 0 Å². The molecule has 0 spiro atoms. The monoisotopic (exact) mass is 412 g/mol. The van der Waals surface area contributed by atoms with Gasteiger partial charge in [0.05, 0.1) is 0 Å². The Hall–Kier alpha value is 0.394. The summed E-state index contributed by atoms with van der Waals surface area (Å²) in [5, 5.41) is 0. The molecule has 0 saturated carbocycles. The van der Waals surface area contributed by atoms with Crippen molar-refractivity contribution in [3.05, 3.63) is 0 Å². The van der Waals surface area contributed by atoms with Crippen molar-refractivity contribution in [3.8, 4) is 0 Å². The Morgan fingerprint density at radius 2 is 0.889 bits per heavy atom. The zero-order valence-corrected chi connectivity index (χ0v) is 22.2. The number of nitrogens with zero attached hydrogens (tertiary/aromatic N) is 1. The molecule has 0 aromatic rings. The third-order valence-electron chi connectivity index (χ3n) is 6.31. The molecule has 0 saturated heterocycles. The lowest BCUT2D eigenvalue weighted by Crippen LogP contribution is -2.60. The normalized spacial score (nSPS) is 12.4. The van der Waals surface area contributed by atoms with E-state index in [2.05, 4.69) is 45.8 Å². The average Bonchev–Trinajstić information content (AvgIpc) is 2.69. The lowest BCUT2D eigenvalue weighted by molar-refractivity contribution is 0.542. The van der Waals surface area contributed by atoms with Crippen molar-refractivity contribution in [1.82, 2.24) is 4.23 Å². The van der Waals surface area contributed by atoms with Crippen LogP contribution in [0.5, 0.6) is 0 Å². The Bertz CT molecular complexity index is 279. The molecular weight excluding hydrogens is 358 g/mol. The molecule has 0 aromatic heterocycles. The van der Waals surface area contributed by atoms with Crippen LogP contribution in [0.1, 0.15) is 119 Å². The highest BCUT2D eigenvalue weighted by Crippen LogP contribution is 2.35. The van der Waals surface area contributed by atoms with Gasteiger partial charge in [0.1, 0.15) is 17.2 Å². The first-order valence-corrected chi connectivity index (χ1v) is 17.2. The molecule has 0 rings (SSSR count). The Labute approximate surface area is 176 Å². The molecule has 0 heterocycles. The summed E-state index contributed by atoms with van der Waals surface area (Å²) >= 11 is 0. The van der Waals surface area contributed by atoms with Crippen molar-refractivity contribution in [2.75, 3.05) is 6.54 Å². The molecule has 0 amide bonds. The van der Waals surface area contributed by atoms with Gasteiger partial charge >= 0.3 is 0 Å². The van der Waals surface area contributed by atoms with Crippen molar-refractivity contribution >= 4 is 17.2 Å². The maximum Gasteiger partial charge on any atom is 0.129 e. The third kappa shape index (κ3) is 11.2. The van der Waals surface area contributed by atoms with E-state index >= 15 is 0 Å². The summed E-state index contributed by atoms with van der Waals surface area (Å²) < 4.78 is 3.34. The summed E-state index contributed by atoms with van der Waals surface area (Å²) in [6, 6.07) is 7.91. The molecule has 0 aliphatic heterocycles. The summed E-state index contributed by atoms with van der Waals surface area (Å²) in [4.78, 5) is 0. The van der Waals surface area contributed by atoms with E-state index in [0.717, 1.165) is 0 Å². The van der Waals surface area contributed by atoms with Crippen LogP contribution in [-0.4, -0.2) is 28.0 Å². The van der Waals surface area contributed by atoms with Gasteiger partial charge in [0.25, 0.3) is 0 Å². The zero-order valence-electron chi connectivity index (χ0n) is 20.2. The molecule has 0 aromatic carbocycles. The Balaban J connectivity index is 5.75. The molecule has 0 atom stereocenters. The first-order valence-electron chi connectivity index (χ1n) is 12.8. The molecular formula is C24H54NSi2. The molecule has 0 aliphatic rings. The number of unbranched alkanes of at least 4 members (excludes halogenated alkanes) is 6. The standard InChI is InChI=1S/C24H54NSi2/c1-7-13-19-25(26(20-14-8-2)21-15-9-3)27(22-16-10-4,23-17-11-5)24-18-12-6/h7-24H2,1-6H3. The average molecular weight is 413 g/mol. The maximum atomic E-state index is 3.34. The van der Waals surface area contributed by atoms with Gasteiger partial charge in [-0.25, -0.2) is 0 Å². The lowest BCUT2D eigenvalue weighted by atomic mass is 10.3. The number of hydrogen-bond donors (Lipinski definition) is 0. The van der Waals surface area contributed by atoms with E-state index in [9.17, 15) is 0 Å². The van der Waals surface area contributed by atoms with Crippen molar-refractivity contribution < 1.29 is 0 Å². The zero-order chi connectivity index (χ0) is 20.4. The molecule has 0 unspecified atom stereocenters. The van der Waals surface area contributed by atoms with E-state index in [1.165, 1.54) is 83.6 Å². The molecule has 3 heteroatoms. The van der Waals surface area contributed by atoms with Crippen LogP contribution in [0.15, 0.2) is 0 Å². The topological polar surface area (TPSA) is 3.24 Å². The largest absolute Gasteiger partial charge is 0.346 e. The second-order valence-corrected chi connectivity index (χ2v) is 16.4. The quantitative estimate of drug-likeness (QED) is 0.180. The highest BCUT2D eigenvalue weighted by Gasteiger charge is 2.40. The Kier molecular flexibility index (Phi) is 18.7. The summed E-state index contributed by atoms with van der Waals surface area (Å²) in [5.74, 6) is 0. The predicted molar refractivity (Wildman–Crippen MR) is 132 cm³/mol. The van der Waals surface area contributed by atoms with Gasteiger partial charge in [-0.2, -0.15) is 0 Å². The predicted octanol–water partition coefficient (Wildman–Crippen LogP) is 9.03. The van der Waals surface area contributed by atoms with Crippen LogP contribution in [0.3, 0.4) is 0 Å². The van der Waals surface area contributed by atoms with Gasteiger partial charge in [-0.3, -0.25) is 0 Å². The lowest BCUT2D eigenvalue weighted by Gasteiger charge is -2.47. The second kappa shape index (κ2) is 18.4. The molecule has 0 aliphatic carbocycles. The van der Waals surface area contributed by atoms with Gasteiger partial charge in [-0.05, 0) is 43.2 Å². The molecule has 0 bridgehead atoms. The Morgan fingerprint density at radius 3 is 1.22 bits per heavy atom. The second-order valence-electron chi connectivity index (χ2n) is 8.81. The van der Waals surface area contributed by atoms with E-state index in [4.69, 9.17) is 0 Å². The van der Waals surface area contributed by atoms with Gasteiger partial charge in [-0.1, -0.05) is 112 Å². The minimum atomic E-state index is -1.31. The summed E-state index contributed by atoms with van der Waals surface area (Å²) in [5.41, 5.74) is 0. The maximum absolute atomic E-state index is 3.34. The van der Waals surface area contributed by atoms with Gasteiger partial charge in [0.2, 0.25) is 0 Å². The van der Waals surface area contributed by atoms with E-state index in [-0.39, 0.29) is 8.96 Å². The minimum Gasteiger partial charge on any atom is -0.346 e. The third-order valence-corrected chi connectivity index (χ3v) is 16.8. The van der Waals surface area contributed by atoms with Gasteiger partial charge < -0.3 is 4.23 Å². The van der Waals surface area contributed by atoms with Crippen LogP contribution in [0.2, 0.25) is 30.2 Å². The van der Waals surface area contributed by atoms with Gasteiger partial charge in [-0.15, -0.1) is 0 Å². The highest BCUT2D eigenvalue weighted by molar-refractivity contribution is 6.85. The fraction of sp³-hybridized carbons (Fsp3) is 1.00. The fourth-order valence-electron chi connectivity index (χ4n) is 4.50. The molecule has 0 N–H and O–H groups in total. The SMILES string of the molecule is CCCCN([Si](CCCC)CCCC)[Si](CCCC)(CCCC)CCCC. The van der Waals surface area contributed by atoms with E-state index in [0.29, 0.717) is 0 Å². The molecule has 1 nitrogen and oxygen atoms in total. The van der Waals surface area contributed by atoms with Crippen molar-refractivity contribution in [2.24, 2.45) is 0 Å². The summed E-state index contributed by atoms with van der Waals surface area (Å²) in [6.07, 6.45) is 17.1. The fourth-order valence-corrected chi connectivity index (χ4v) is 16.9. The molecule has 163 valence electrons. The van der Waals surface area contributed by atoms with Crippen LogP contribution in [0.4, 0.5) is 0 Å². The molecule has 27 heavy (non-hydrogen) atoms. The highest BCUT2D eigenvalue weighted by atomic mass is 28.4. The van der Waals surface area contributed by atoms with Crippen LogP contribution >= 0.6 is 0 Å². The number of rotatable bonds is 20. The van der Waals surface area contributed by atoms with E-state index < -0.39 is 8.24 Å². The molecule has 0 fully saturated rings. The van der Waals surface area contributed by atoms with Crippen LogP contribution in [-0.2, 0) is 0 Å². The number of hydrogen-bond acceptors (Lipinski definition) is 1. The first kappa shape index (κ1) is 27.4. The first-order chi connectivity index (χ1) is 13.2. The smallest absolute Gasteiger partial charge is 0.129 e. The van der Waals surface area contributed by atoms with Crippen molar-refractivity contribution in [1.29, 1.82) is 0 Å². The van der Waals surface area contributed by atoms with Crippen molar-refractivity contribution in [2.45, 2.75) is 149 Å². The van der Waals surface area contributed by atoms with Gasteiger partial charge in [0, 0.05) is 0 Å². The van der Waals surface area contributed by atoms with Gasteiger partial charge in [0.15, 0.2) is 0 Å². The van der Waals surface area contributed by atoms with Crippen LogP contribution in [0.25, 0.3) is 0 Å². The van der Waals surface area contributed by atoms with Crippen LogP contribution < -0.4 is 0 Å².